The minimum absolute atomic E-state index is 0.0332. The van der Waals surface area contributed by atoms with Gasteiger partial charge in [0.2, 0.25) is 6.10 Å². The standard InChI is InChI=1S/C37H49N7O4/c1-25-22-28(23-32-33(25)40-24-39-32)26(2)34(35(45)44(20-6-3-7-21-44)30-10-15-38-16-11-30)48-37(47)42-17-13-29(14-18-42)43-19-12-27-8-4-5-9-31(27)41-36(43)46/h4-5,8-9,22-24,26,29-30,34,38H,3,6-7,10-21H2,1-2H3,(H-,39,40,41,46)/p+1/t26-,34?/m1/s1. The van der Waals surface area contributed by atoms with Crippen LogP contribution in [0.3, 0.4) is 0 Å². The maximum absolute atomic E-state index is 15.1. The second-order valence-electron chi connectivity index (χ2n) is 14.3. The van der Waals surface area contributed by atoms with Gasteiger partial charge < -0.3 is 30.2 Å². The number of benzene rings is 2. The summed E-state index contributed by atoms with van der Waals surface area (Å²) in [4.78, 5) is 53.6. The van der Waals surface area contributed by atoms with Gasteiger partial charge in [0, 0.05) is 63.2 Å². The normalized spacial score (nSPS) is 22.0. The van der Waals surface area contributed by atoms with Crippen LogP contribution in [0.2, 0.25) is 0 Å². The third kappa shape index (κ3) is 6.30. The van der Waals surface area contributed by atoms with Crippen LogP contribution in [0.25, 0.3) is 11.0 Å². The third-order valence-corrected chi connectivity index (χ3v) is 11.6. The molecule has 0 saturated carbocycles. The highest BCUT2D eigenvalue weighted by atomic mass is 16.6. The number of imidazole rings is 1. The lowest BCUT2D eigenvalue weighted by Gasteiger charge is -2.48. The lowest BCUT2D eigenvalue weighted by molar-refractivity contribution is -0.887. The van der Waals surface area contributed by atoms with Gasteiger partial charge in [-0.05, 0) is 74.3 Å². The highest BCUT2D eigenvalue weighted by molar-refractivity contribution is 5.91. The molecule has 4 aliphatic rings. The average molecular weight is 657 g/mol. The van der Waals surface area contributed by atoms with Crippen molar-refractivity contribution in [3.63, 3.8) is 0 Å². The second-order valence-corrected chi connectivity index (χ2v) is 14.3. The molecule has 0 aliphatic carbocycles. The average Bonchev–Trinajstić information content (AvgIpc) is 3.54. The lowest BCUT2D eigenvalue weighted by Crippen LogP contribution is -2.67. The number of hydrogen-bond donors (Lipinski definition) is 3. The van der Waals surface area contributed by atoms with E-state index in [1.54, 1.807) is 11.2 Å². The summed E-state index contributed by atoms with van der Waals surface area (Å²) in [5.74, 6) is -0.299. The van der Waals surface area contributed by atoms with Crippen LogP contribution in [0.5, 0.6) is 0 Å². The molecule has 5 heterocycles. The van der Waals surface area contributed by atoms with E-state index < -0.39 is 12.2 Å². The van der Waals surface area contributed by atoms with Gasteiger partial charge in [0.15, 0.2) is 0 Å². The Morgan fingerprint density at radius 1 is 1.00 bits per heavy atom. The number of hydrogen-bond acceptors (Lipinski definition) is 6. The first kappa shape index (κ1) is 32.6. The number of nitrogens with one attached hydrogen (secondary N) is 3. The first-order valence-electron chi connectivity index (χ1n) is 18.0. The number of H-pyrrole nitrogens is 1. The van der Waals surface area contributed by atoms with Crippen molar-refractivity contribution in [2.45, 2.75) is 89.3 Å². The molecule has 0 radical (unpaired) electrons. The van der Waals surface area contributed by atoms with Gasteiger partial charge in [-0.2, -0.15) is 0 Å². The summed E-state index contributed by atoms with van der Waals surface area (Å²) in [7, 11) is 0. The summed E-state index contributed by atoms with van der Waals surface area (Å²) in [5, 5.41) is 6.55. The monoisotopic (exact) mass is 656 g/mol. The molecule has 4 aliphatic heterocycles. The molecule has 48 heavy (non-hydrogen) atoms. The van der Waals surface area contributed by atoms with Gasteiger partial charge in [-0.25, -0.2) is 19.4 Å². The maximum Gasteiger partial charge on any atom is 0.410 e. The maximum atomic E-state index is 15.1. The Hall–Kier alpha value is -3.96. The van der Waals surface area contributed by atoms with Crippen LogP contribution >= 0.6 is 0 Å². The molecule has 3 aromatic rings. The van der Waals surface area contributed by atoms with Gasteiger partial charge in [-0.1, -0.05) is 31.2 Å². The molecule has 11 nitrogen and oxygen atoms in total. The quantitative estimate of drug-likeness (QED) is 0.310. The van der Waals surface area contributed by atoms with Gasteiger partial charge in [-0.15, -0.1) is 0 Å². The highest BCUT2D eigenvalue weighted by Gasteiger charge is 2.51. The van der Waals surface area contributed by atoms with Crippen molar-refractivity contribution < 1.29 is 23.6 Å². The number of urea groups is 1. The molecule has 2 aromatic carbocycles. The predicted molar refractivity (Wildman–Crippen MR) is 185 cm³/mol. The molecule has 2 atom stereocenters. The van der Waals surface area contributed by atoms with Crippen molar-refractivity contribution in [2.75, 3.05) is 51.1 Å². The van der Waals surface area contributed by atoms with Crippen molar-refractivity contribution in [1.82, 2.24) is 25.1 Å². The zero-order chi connectivity index (χ0) is 33.3. The summed E-state index contributed by atoms with van der Waals surface area (Å²) in [6.07, 6.45) is 7.49. The Bertz CT molecular complexity index is 1640. The number of likely N-dealkylation sites (tertiary alicyclic amines) is 2. The second kappa shape index (κ2) is 13.9. The largest absolute Gasteiger partial charge is 0.431 e. The van der Waals surface area contributed by atoms with Crippen molar-refractivity contribution >= 4 is 34.8 Å². The molecular formula is C37H50N7O4+. The number of para-hydroxylation sites is 1. The number of nitrogens with zero attached hydrogens (tertiary/aromatic N) is 4. The lowest BCUT2D eigenvalue weighted by atomic mass is 9.89. The number of amides is 4. The SMILES string of the molecule is Cc1cc([C@@H](C)C(OC(=O)N2CCC(N3CCc4ccccc4NC3=O)CC2)C(=O)[N+]2(C3CCNCC3)CCCCC2)cc2[nH]cnc12. The summed E-state index contributed by atoms with van der Waals surface area (Å²) >= 11 is 0. The van der Waals surface area contributed by atoms with Crippen LogP contribution in [0, 0.1) is 6.92 Å². The summed E-state index contributed by atoms with van der Waals surface area (Å²) in [6.45, 7) is 9.07. The van der Waals surface area contributed by atoms with E-state index in [4.69, 9.17) is 4.74 Å². The zero-order valence-corrected chi connectivity index (χ0v) is 28.4. The van der Waals surface area contributed by atoms with E-state index in [9.17, 15) is 9.59 Å². The first-order valence-corrected chi connectivity index (χ1v) is 18.0. The van der Waals surface area contributed by atoms with Gasteiger partial charge in [0.05, 0.1) is 36.5 Å². The van der Waals surface area contributed by atoms with Gasteiger partial charge in [0.25, 0.3) is 0 Å². The topological polar surface area (TPSA) is 120 Å². The Morgan fingerprint density at radius 2 is 1.75 bits per heavy atom. The van der Waals surface area contributed by atoms with Gasteiger partial charge in [0.1, 0.15) is 0 Å². The summed E-state index contributed by atoms with van der Waals surface area (Å²) in [5.41, 5.74) is 5.82. The Balaban J connectivity index is 1.10. The number of aromatic nitrogens is 2. The molecule has 3 N–H and O–H groups in total. The number of aromatic amines is 1. The fraction of sp³-hybridized carbons (Fsp3) is 0.568. The number of ether oxygens (including phenoxy) is 1. The van der Waals surface area contributed by atoms with E-state index in [2.05, 4.69) is 38.8 Å². The van der Waals surface area contributed by atoms with Crippen molar-refractivity contribution in [2.24, 2.45) is 0 Å². The number of anilines is 1. The number of carbonyl (C=O) groups is 3. The predicted octanol–water partition coefficient (Wildman–Crippen LogP) is 5.31. The Kier molecular flexibility index (Phi) is 9.42. The Morgan fingerprint density at radius 3 is 2.52 bits per heavy atom. The molecule has 1 unspecified atom stereocenters. The van der Waals surface area contributed by atoms with E-state index in [1.807, 2.05) is 36.9 Å². The number of quaternary nitrogens is 1. The van der Waals surface area contributed by atoms with Crippen LogP contribution in [-0.2, 0) is 16.0 Å². The number of fused-ring (bicyclic) bond motifs is 2. The summed E-state index contributed by atoms with van der Waals surface area (Å²) in [6, 6.07) is 12.3. The van der Waals surface area contributed by atoms with Crippen molar-refractivity contribution in [3.05, 3.63) is 59.4 Å². The fourth-order valence-electron chi connectivity index (χ4n) is 8.74. The first-order chi connectivity index (χ1) is 23.3. The van der Waals surface area contributed by atoms with Crippen LogP contribution in [-0.4, -0.2) is 106 Å². The van der Waals surface area contributed by atoms with E-state index in [0.717, 1.165) is 98.1 Å². The van der Waals surface area contributed by atoms with Crippen LogP contribution in [0.15, 0.2) is 42.7 Å². The highest BCUT2D eigenvalue weighted by Crippen LogP contribution is 2.35. The molecule has 3 fully saturated rings. The third-order valence-electron chi connectivity index (χ3n) is 11.6. The number of piperidine rings is 3. The smallest absolute Gasteiger partial charge is 0.410 e. The van der Waals surface area contributed by atoms with Crippen molar-refractivity contribution in [3.8, 4) is 0 Å². The van der Waals surface area contributed by atoms with E-state index in [1.165, 1.54) is 0 Å². The molecule has 0 bridgehead atoms. The molecule has 4 amide bonds. The number of carbonyl (C=O) groups excluding carboxylic acids is 3. The van der Waals surface area contributed by atoms with Crippen LogP contribution in [0.4, 0.5) is 15.3 Å². The van der Waals surface area contributed by atoms with Gasteiger partial charge in [-0.3, -0.25) is 4.48 Å². The van der Waals surface area contributed by atoms with E-state index in [-0.39, 0.29) is 29.9 Å². The van der Waals surface area contributed by atoms with Gasteiger partial charge >= 0.3 is 18.0 Å². The minimum Gasteiger partial charge on any atom is -0.431 e. The molecular weight excluding hydrogens is 606 g/mol. The van der Waals surface area contributed by atoms with Crippen molar-refractivity contribution in [1.29, 1.82) is 0 Å². The number of rotatable bonds is 6. The minimum atomic E-state index is -0.919. The molecule has 256 valence electrons. The Labute approximate surface area is 283 Å². The summed E-state index contributed by atoms with van der Waals surface area (Å²) < 4.78 is 6.83. The van der Waals surface area contributed by atoms with Crippen LogP contribution < -0.4 is 10.6 Å². The molecule has 11 heteroatoms. The molecule has 3 saturated heterocycles. The molecule has 1 aromatic heterocycles. The molecule has 7 rings (SSSR count). The fourth-order valence-corrected chi connectivity index (χ4v) is 8.74. The molecule has 0 spiro atoms. The zero-order valence-electron chi connectivity index (χ0n) is 28.4. The van der Waals surface area contributed by atoms with E-state index >= 15 is 4.79 Å². The van der Waals surface area contributed by atoms with Crippen LogP contribution in [0.1, 0.15) is 74.5 Å². The van der Waals surface area contributed by atoms with E-state index in [0.29, 0.717) is 37.0 Å². The number of aryl methyl sites for hydroxylation is 1.